The average Bonchev–Trinajstić information content (AvgIpc) is 2.92. The number of benzene rings is 1. The lowest BCUT2D eigenvalue weighted by Crippen LogP contribution is -2.35. The van der Waals surface area contributed by atoms with E-state index in [1.807, 2.05) is 0 Å². The molecule has 2 rings (SSSR count). The molecule has 1 heterocycles. The van der Waals surface area contributed by atoms with Crippen molar-refractivity contribution in [2.75, 3.05) is 5.32 Å². The maximum Gasteiger partial charge on any atom is 0.387 e. The second-order valence-corrected chi connectivity index (χ2v) is 4.53. The highest BCUT2D eigenvalue weighted by molar-refractivity contribution is 6.39. The topological polar surface area (TPSA) is 85.2 Å². The van der Waals surface area contributed by atoms with Crippen molar-refractivity contribution in [1.29, 1.82) is 0 Å². The summed E-state index contributed by atoms with van der Waals surface area (Å²) < 4.78 is 30.4. The Bertz CT molecular complexity index is 703. The van der Waals surface area contributed by atoms with Crippen LogP contribution in [0.4, 0.5) is 14.5 Å². The van der Waals surface area contributed by atoms with Gasteiger partial charge in [0.15, 0.2) is 0 Å². The van der Waals surface area contributed by atoms with Gasteiger partial charge < -0.3 is 15.4 Å². The minimum atomic E-state index is -3.03. The molecule has 0 spiro atoms. The molecule has 2 aromatic rings. The van der Waals surface area contributed by atoms with Crippen molar-refractivity contribution in [2.24, 2.45) is 7.05 Å². The van der Waals surface area contributed by atoms with Gasteiger partial charge in [-0.1, -0.05) is 12.1 Å². The molecule has 1 aromatic heterocycles. The number of para-hydroxylation sites is 2. The van der Waals surface area contributed by atoms with E-state index in [2.05, 4.69) is 20.5 Å². The lowest BCUT2D eigenvalue weighted by molar-refractivity contribution is -0.136. The summed E-state index contributed by atoms with van der Waals surface area (Å²) in [6.07, 6.45) is 3.23. The lowest BCUT2D eigenvalue weighted by atomic mass is 10.3. The van der Waals surface area contributed by atoms with Gasteiger partial charge in [-0.25, -0.2) is 0 Å². The van der Waals surface area contributed by atoms with Crippen molar-refractivity contribution in [3.05, 3.63) is 42.2 Å². The maximum absolute atomic E-state index is 12.3. The van der Waals surface area contributed by atoms with Crippen LogP contribution >= 0.6 is 0 Å². The number of halogens is 2. The van der Waals surface area contributed by atoms with Crippen LogP contribution in [0, 0.1) is 0 Å². The number of amides is 2. The molecule has 1 aromatic carbocycles. The Morgan fingerprint density at radius 1 is 1.30 bits per heavy atom. The molecule has 0 fully saturated rings. The number of ether oxygens (including phenoxy) is 1. The molecule has 0 atom stereocenters. The van der Waals surface area contributed by atoms with Gasteiger partial charge in [-0.3, -0.25) is 14.3 Å². The summed E-state index contributed by atoms with van der Waals surface area (Å²) in [6, 6.07) is 5.59. The zero-order valence-electron chi connectivity index (χ0n) is 12.1. The monoisotopic (exact) mass is 324 g/mol. The van der Waals surface area contributed by atoms with Gasteiger partial charge in [0, 0.05) is 25.4 Å². The Balaban J connectivity index is 1.94. The Morgan fingerprint density at radius 2 is 2.04 bits per heavy atom. The summed E-state index contributed by atoms with van der Waals surface area (Å²) in [5.74, 6) is -2.11. The molecule has 0 saturated carbocycles. The minimum Gasteiger partial charge on any atom is -0.433 e. The second kappa shape index (κ2) is 7.34. The van der Waals surface area contributed by atoms with Gasteiger partial charge in [0.1, 0.15) is 5.75 Å². The van der Waals surface area contributed by atoms with E-state index in [0.29, 0.717) is 0 Å². The molecule has 0 aliphatic rings. The molecule has 9 heteroatoms. The second-order valence-electron chi connectivity index (χ2n) is 4.53. The van der Waals surface area contributed by atoms with E-state index in [0.717, 1.165) is 5.56 Å². The molecule has 122 valence electrons. The number of nitrogens with zero attached hydrogens (tertiary/aromatic N) is 2. The molecule has 0 unspecified atom stereocenters. The quantitative estimate of drug-likeness (QED) is 0.811. The van der Waals surface area contributed by atoms with E-state index in [9.17, 15) is 18.4 Å². The summed E-state index contributed by atoms with van der Waals surface area (Å²) in [6.45, 7) is -2.91. The van der Waals surface area contributed by atoms with E-state index < -0.39 is 18.4 Å². The van der Waals surface area contributed by atoms with Crippen LogP contribution in [0.2, 0.25) is 0 Å². The van der Waals surface area contributed by atoms with Crippen molar-refractivity contribution in [1.82, 2.24) is 15.1 Å². The molecule has 0 saturated heterocycles. The first kappa shape index (κ1) is 16.4. The molecular formula is C14H14F2N4O3. The van der Waals surface area contributed by atoms with Crippen molar-refractivity contribution in [2.45, 2.75) is 13.2 Å². The largest absolute Gasteiger partial charge is 0.433 e. The molecule has 0 aliphatic carbocycles. The molecule has 0 radical (unpaired) electrons. The molecule has 7 nitrogen and oxygen atoms in total. The van der Waals surface area contributed by atoms with E-state index in [-0.39, 0.29) is 18.0 Å². The Labute approximate surface area is 130 Å². The van der Waals surface area contributed by atoms with Crippen LogP contribution in [-0.4, -0.2) is 28.2 Å². The summed E-state index contributed by atoms with van der Waals surface area (Å²) in [7, 11) is 1.72. The molecule has 23 heavy (non-hydrogen) atoms. The van der Waals surface area contributed by atoms with Crippen LogP contribution in [0.25, 0.3) is 0 Å². The zero-order valence-corrected chi connectivity index (χ0v) is 12.1. The third-order valence-corrected chi connectivity index (χ3v) is 2.77. The zero-order chi connectivity index (χ0) is 16.8. The van der Waals surface area contributed by atoms with Crippen LogP contribution < -0.4 is 15.4 Å². The summed E-state index contributed by atoms with van der Waals surface area (Å²) in [4.78, 5) is 23.5. The number of anilines is 1. The molecule has 0 bridgehead atoms. The van der Waals surface area contributed by atoms with Crippen molar-refractivity contribution < 1.29 is 23.1 Å². The third kappa shape index (κ3) is 4.77. The Hall–Kier alpha value is -2.97. The highest BCUT2D eigenvalue weighted by Crippen LogP contribution is 2.25. The molecule has 2 N–H and O–H groups in total. The SMILES string of the molecule is Cn1cc(CNC(=O)C(=O)Nc2ccccc2OC(F)F)cn1. The van der Waals surface area contributed by atoms with Crippen molar-refractivity contribution >= 4 is 17.5 Å². The highest BCUT2D eigenvalue weighted by Gasteiger charge is 2.17. The summed E-state index contributed by atoms with van der Waals surface area (Å²) in [5, 5.41) is 8.55. The smallest absolute Gasteiger partial charge is 0.387 e. The first-order chi connectivity index (χ1) is 11.0. The molecular weight excluding hydrogens is 310 g/mol. The first-order valence-corrected chi connectivity index (χ1v) is 6.56. The van der Waals surface area contributed by atoms with Crippen molar-refractivity contribution in [3.63, 3.8) is 0 Å². The maximum atomic E-state index is 12.3. The fourth-order valence-corrected chi connectivity index (χ4v) is 1.77. The predicted octanol–water partition coefficient (Wildman–Crippen LogP) is 1.28. The summed E-state index contributed by atoms with van der Waals surface area (Å²) >= 11 is 0. The van der Waals surface area contributed by atoms with Crippen LogP contribution in [-0.2, 0) is 23.2 Å². The number of rotatable bonds is 5. The van der Waals surface area contributed by atoms with E-state index in [1.54, 1.807) is 24.1 Å². The van der Waals surface area contributed by atoms with E-state index in [1.165, 1.54) is 24.3 Å². The fraction of sp³-hybridized carbons (Fsp3) is 0.214. The molecule has 2 amide bonds. The number of hydrogen-bond acceptors (Lipinski definition) is 4. The Kier molecular flexibility index (Phi) is 5.23. The first-order valence-electron chi connectivity index (χ1n) is 6.56. The van der Waals surface area contributed by atoms with Gasteiger partial charge in [-0.05, 0) is 12.1 Å². The van der Waals surface area contributed by atoms with Crippen LogP contribution in [0.15, 0.2) is 36.7 Å². The van der Waals surface area contributed by atoms with Crippen molar-refractivity contribution in [3.8, 4) is 5.75 Å². The Morgan fingerprint density at radius 3 is 2.70 bits per heavy atom. The number of aryl methyl sites for hydroxylation is 1. The third-order valence-electron chi connectivity index (χ3n) is 2.77. The lowest BCUT2D eigenvalue weighted by Gasteiger charge is -2.11. The number of carbonyl (C=O) groups excluding carboxylic acids is 2. The van der Waals surface area contributed by atoms with Gasteiger partial charge in [-0.15, -0.1) is 0 Å². The number of aromatic nitrogens is 2. The van der Waals surface area contributed by atoms with E-state index >= 15 is 0 Å². The number of alkyl halides is 2. The number of hydrogen-bond donors (Lipinski definition) is 2. The number of nitrogens with one attached hydrogen (secondary N) is 2. The van der Waals surface area contributed by atoms with Gasteiger partial charge in [0.05, 0.1) is 11.9 Å². The van der Waals surface area contributed by atoms with Crippen LogP contribution in [0.3, 0.4) is 0 Å². The van der Waals surface area contributed by atoms with Gasteiger partial charge in [0.25, 0.3) is 0 Å². The van der Waals surface area contributed by atoms with Crippen LogP contribution in [0.5, 0.6) is 5.75 Å². The van der Waals surface area contributed by atoms with Gasteiger partial charge >= 0.3 is 18.4 Å². The molecule has 0 aliphatic heterocycles. The van der Waals surface area contributed by atoms with Gasteiger partial charge in [-0.2, -0.15) is 13.9 Å². The standard InChI is InChI=1S/C14H14F2N4O3/c1-20-8-9(7-18-20)6-17-12(21)13(22)19-10-4-2-3-5-11(10)23-14(15)16/h2-5,7-8,14H,6H2,1H3,(H,17,21)(H,19,22). The number of carbonyl (C=O) groups is 2. The predicted molar refractivity (Wildman–Crippen MR) is 76.8 cm³/mol. The van der Waals surface area contributed by atoms with Crippen LogP contribution in [0.1, 0.15) is 5.56 Å². The van der Waals surface area contributed by atoms with E-state index in [4.69, 9.17) is 0 Å². The average molecular weight is 324 g/mol. The van der Waals surface area contributed by atoms with Gasteiger partial charge in [0.2, 0.25) is 0 Å². The normalized spacial score (nSPS) is 10.4. The fourth-order valence-electron chi connectivity index (χ4n) is 1.77. The highest BCUT2D eigenvalue weighted by atomic mass is 19.3. The summed E-state index contributed by atoms with van der Waals surface area (Å²) in [5.41, 5.74) is 0.699. The minimum absolute atomic E-state index is 0.0191.